The first-order chi connectivity index (χ1) is 9.90. The summed E-state index contributed by atoms with van der Waals surface area (Å²) in [5, 5.41) is 0. The zero-order chi connectivity index (χ0) is 17.2. The molecular formula is C19H37BO2. The molecule has 0 aliphatic carbocycles. The van der Waals surface area contributed by atoms with Crippen LogP contribution in [-0.4, -0.2) is 18.3 Å². The van der Waals surface area contributed by atoms with Crippen molar-refractivity contribution in [2.75, 3.05) is 0 Å². The molecule has 1 aliphatic rings. The third-order valence-electron chi connectivity index (χ3n) is 5.45. The molecule has 0 saturated carbocycles. The van der Waals surface area contributed by atoms with E-state index in [9.17, 15) is 0 Å². The van der Waals surface area contributed by atoms with Crippen molar-refractivity contribution in [3.05, 3.63) is 11.1 Å². The Bertz CT molecular complexity index is 386. The van der Waals surface area contributed by atoms with Crippen LogP contribution < -0.4 is 0 Å². The van der Waals surface area contributed by atoms with Crippen LogP contribution in [0.15, 0.2) is 11.1 Å². The second-order valence-corrected chi connectivity index (χ2v) is 8.83. The molecule has 0 aromatic heterocycles. The number of rotatable bonds is 6. The van der Waals surface area contributed by atoms with Gasteiger partial charge in [0, 0.05) is 6.32 Å². The SMILES string of the molecule is CCCCC/C(CB1OC(C)(C)C(C)(C)O1)=C(\C)C(C)(C)C. The Labute approximate surface area is 139 Å². The zero-order valence-electron chi connectivity index (χ0n) is 16.4. The Kier molecular flexibility index (Phi) is 6.37. The van der Waals surface area contributed by atoms with Crippen LogP contribution in [0, 0.1) is 5.41 Å². The molecule has 0 radical (unpaired) electrons. The summed E-state index contributed by atoms with van der Waals surface area (Å²) in [4.78, 5) is 0. The number of unbranched alkanes of at least 4 members (excludes halogenated alkanes) is 2. The Morgan fingerprint density at radius 3 is 1.86 bits per heavy atom. The van der Waals surface area contributed by atoms with Crippen molar-refractivity contribution < 1.29 is 9.31 Å². The van der Waals surface area contributed by atoms with E-state index < -0.39 is 0 Å². The maximum atomic E-state index is 6.21. The molecular weight excluding hydrogens is 271 g/mol. The second-order valence-electron chi connectivity index (χ2n) is 8.83. The quantitative estimate of drug-likeness (QED) is 0.339. The molecule has 0 aromatic rings. The molecule has 2 nitrogen and oxygen atoms in total. The van der Waals surface area contributed by atoms with E-state index >= 15 is 0 Å². The summed E-state index contributed by atoms with van der Waals surface area (Å²) in [6.07, 6.45) is 5.89. The van der Waals surface area contributed by atoms with Gasteiger partial charge in [-0.2, -0.15) is 0 Å². The van der Waals surface area contributed by atoms with Crippen LogP contribution in [0.2, 0.25) is 6.32 Å². The van der Waals surface area contributed by atoms with Gasteiger partial charge in [-0.15, -0.1) is 0 Å². The summed E-state index contributed by atoms with van der Waals surface area (Å²) in [7, 11) is -0.112. The molecule has 0 unspecified atom stereocenters. The van der Waals surface area contributed by atoms with Gasteiger partial charge in [0.15, 0.2) is 0 Å². The molecule has 3 heteroatoms. The first-order valence-electron chi connectivity index (χ1n) is 8.95. The van der Waals surface area contributed by atoms with Gasteiger partial charge < -0.3 is 9.31 Å². The standard InChI is InChI=1S/C19H37BO2/c1-10-11-12-13-16(15(2)17(3,4)5)14-20-21-18(6,7)19(8,9)22-20/h10-14H2,1-9H3/b16-15-. The van der Waals surface area contributed by atoms with Crippen molar-refractivity contribution in [2.24, 2.45) is 5.41 Å². The van der Waals surface area contributed by atoms with Crippen molar-refractivity contribution in [1.82, 2.24) is 0 Å². The summed E-state index contributed by atoms with van der Waals surface area (Å²) in [5.74, 6) is 0. The lowest BCUT2D eigenvalue weighted by Gasteiger charge is -2.32. The predicted octanol–water partition coefficient (Wildman–Crippen LogP) is 6.02. The largest absolute Gasteiger partial charge is 0.462 e. The maximum absolute atomic E-state index is 6.21. The van der Waals surface area contributed by atoms with E-state index in [4.69, 9.17) is 9.31 Å². The monoisotopic (exact) mass is 308 g/mol. The van der Waals surface area contributed by atoms with E-state index in [1.165, 1.54) is 36.8 Å². The van der Waals surface area contributed by atoms with E-state index in [-0.39, 0.29) is 23.7 Å². The molecule has 0 aromatic carbocycles. The van der Waals surface area contributed by atoms with E-state index in [0.717, 1.165) is 6.32 Å². The predicted molar refractivity (Wildman–Crippen MR) is 97.2 cm³/mol. The fourth-order valence-corrected chi connectivity index (χ4v) is 2.81. The highest BCUT2D eigenvalue weighted by Crippen LogP contribution is 2.40. The average molecular weight is 308 g/mol. The fraction of sp³-hybridized carbons (Fsp3) is 0.895. The molecule has 0 atom stereocenters. The van der Waals surface area contributed by atoms with Crippen LogP contribution in [0.3, 0.4) is 0 Å². The van der Waals surface area contributed by atoms with Crippen LogP contribution >= 0.6 is 0 Å². The minimum absolute atomic E-state index is 0.112. The second kappa shape index (κ2) is 7.09. The number of allylic oxidation sites excluding steroid dienone is 2. The first kappa shape index (κ1) is 19.8. The molecule has 1 aliphatic heterocycles. The van der Waals surface area contributed by atoms with Crippen LogP contribution in [0.4, 0.5) is 0 Å². The number of hydrogen-bond donors (Lipinski definition) is 0. The van der Waals surface area contributed by atoms with E-state index in [2.05, 4.69) is 62.3 Å². The van der Waals surface area contributed by atoms with Crippen LogP contribution in [0.1, 0.15) is 88.0 Å². The lowest BCUT2D eigenvalue weighted by molar-refractivity contribution is 0.00578. The van der Waals surface area contributed by atoms with Gasteiger partial charge in [-0.25, -0.2) is 0 Å². The van der Waals surface area contributed by atoms with Crippen molar-refractivity contribution >= 4 is 7.12 Å². The zero-order valence-corrected chi connectivity index (χ0v) is 16.4. The molecule has 0 N–H and O–H groups in total. The molecule has 1 saturated heterocycles. The van der Waals surface area contributed by atoms with Crippen molar-refractivity contribution in [2.45, 2.75) is 106 Å². The van der Waals surface area contributed by atoms with Crippen molar-refractivity contribution in [1.29, 1.82) is 0 Å². The molecule has 128 valence electrons. The van der Waals surface area contributed by atoms with E-state index in [1.807, 2.05) is 0 Å². The fourth-order valence-electron chi connectivity index (χ4n) is 2.81. The van der Waals surface area contributed by atoms with Gasteiger partial charge in [0.25, 0.3) is 0 Å². The summed E-state index contributed by atoms with van der Waals surface area (Å²) in [6.45, 7) is 20.0. The summed E-state index contributed by atoms with van der Waals surface area (Å²) in [5.41, 5.74) is 2.77. The van der Waals surface area contributed by atoms with Gasteiger partial charge in [0.05, 0.1) is 11.2 Å². The Balaban J connectivity index is 2.87. The highest BCUT2D eigenvalue weighted by atomic mass is 16.7. The minimum Gasteiger partial charge on any atom is -0.403 e. The molecule has 1 heterocycles. The first-order valence-corrected chi connectivity index (χ1v) is 8.95. The summed E-state index contributed by atoms with van der Waals surface area (Å²) in [6, 6.07) is 0. The maximum Gasteiger partial charge on any atom is 0.462 e. The van der Waals surface area contributed by atoms with Gasteiger partial charge in [0.1, 0.15) is 0 Å². The van der Waals surface area contributed by atoms with Gasteiger partial charge >= 0.3 is 7.12 Å². The van der Waals surface area contributed by atoms with E-state index in [0.29, 0.717) is 0 Å². The number of hydrogen-bond acceptors (Lipinski definition) is 2. The van der Waals surface area contributed by atoms with Crippen molar-refractivity contribution in [3.8, 4) is 0 Å². The smallest absolute Gasteiger partial charge is 0.403 e. The normalized spacial score (nSPS) is 22.0. The van der Waals surface area contributed by atoms with Gasteiger partial charge in [0.2, 0.25) is 0 Å². The highest BCUT2D eigenvalue weighted by Gasteiger charge is 2.51. The lowest BCUT2D eigenvalue weighted by atomic mass is 9.73. The molecule has 0 bridgehead atoms. The molecule has 1 rings (SSSR count). The lowest BCUT2D eigenvalue weighted by Crippen LogP contribution is -2.41. The van der Waals surface area contributed by atoms with Gasteiger partial charge in [-0.3, -0.25) is 0 Å². The third kappa shape index (κ3) is 4.86. The van der Waals surface area contributed by atoms with Crippen LogP contribution in [0.25, 0.3) is 0 Å². The Morgan fingerprint density at radius 2 is 1.45 bits per heavy atom. The van der Waals surface area contributed by atoms with Crippen LogP contribution in [-0.2, 0) is 9.31 Å². The van der Waals surface area contributed by atoms with Gasteiger partial charge in [-0.05, 0) is 52.9 Å². The molecule has 22 heavy (non-hydrogen) atoms. The van der Waals surface area contributed by atoms with Crippen molar-refractivity contribution in [3.63, 3.8) is 0 Å². The van der Waals surface area contributed by atoms with E-state index in [1.54, 1.807) is 0 Å². The Hall–Kier alpha value is -0.275. The summed E-state index contributed by atoms with van der Waals surface area (Å²) < 4.78 is 12.4. The average Bonchev–Trinajstić information content (AvgIpc) is 2.54. The summed E-state index contributed by atoms with van der Waals surface area (Å²) >= 11 is 0. The molecule has 1 fully saturated rings. The minimum atomic E-state index is -0.234. The topological polar surface area (TPSA) is 18.5 Å². The van der Waals surface area contributed by atoms with Crippen LogP contribution in [0.5, 0.6) is 0 Å². The Morgan fingerprint density at radius 1 is 0.955 bits per heavy atom. The van der Waals surface area contributed by atoms with Gasteiger partial charge in [-0.1, -0.05) is 51.7 Å². The third-order valence-corrected chi connectivity index (χ3v) is 5.45. The molecule has 0 spiro atoms. The highest BCUT2D eigenvalue weighted by molar-refractivity contribution is 6.46. The molecule has 0 amide bonds.